The molecular formula is C10H11O3P. The molecule has 2 rings (SSSR count). The fourth-order valence-electron chi connectivity index (χ4n) is 1.58. The lowest BCUT2D eigenvalue weighted by molar-refractivity contribution is -0.145. The minimum absolute atomic E-state index is 0.552. The summed E-state index contributed by atoms with van der Waals surface area (Å²) in [7, 11) is 2.62. The largest absolute Gasteiger partial charge is 0.479 e. The lowest BCUT2D eigenvalue weighted by atomic mass is 10.0. The third-order valence-electron chi connectivity index (χ3n) is 2.31. The molecule has 4 heteroatoms. The smallest absolute Gasteiger partial charge is 0.344 e. The summed E-state index contributed by atoms with van der Waals surface area (Å²) in [5, 5.41) is 9.89. The molecule has 1 heterocycles. The van der Waals surface area contributed by atoms with Gasteiger partial charge in [-0.2, -0.15) is 0 Å². The maximum atomic E-state index is 10.7. The van der Waals surface area contributed by atoms with E-state index in [1.165, 1.54) is 0 Å². The van der Waals surface area contributed by atoms with Crippen LogP contribution in [0.1, 0.15) is 12.0 Å². The van der Waals surface area contributed by atoms with Crippen LogP contribution in [-0.2, 0) is 11.2 Å². The van der Waals surface area contributed by atoms with Crippen molar-refractivity contribution in [2.45, 2.75) is 18.9 Å². The first-order chi connectivity index (χ1) is 6.66. The predicted molar refractivity (Wildman–Crippen MR) is 56.2 cm³/mol. The third-order valence-corrected chi connectivity index (χ3v) is 2.66. The molecule has 14 heavy (non-hydrogen) atoms. The lowest BCUT2D eigenvalue weighted by Crippen LogP contribution is -2.31. The highest BCUT2D eigenvalue weighted by Crippen LogP contribution is 2.26. The van der Waals surface area contributed by atoms with Crippen LogP contribution in [0.3, 0.4) is 0 Å². The molecule has 2 unspecified atom stereocenters. The molecular weight excluding hydrogens is 199 g/mol. The third kappa shape index (κ3) is 1.73. The fraction of sp³-hybridized carbons (Fsp3) is 0.300. The number of hydrogen-bond acceptors (Lipinski definition) is 2. The minimum Gasteiger partial charge on any atom is -0.479 e. The average molecular weight is 210 g/mol. The molecule has 2 atom stereocenters. The summed E-state index contributed by atoms with van der Waals surface area (Å²) < 4.78 is 5.34. The normalized spacial score (nSPS) is 19.6. The molecule has 1 aliphatic rings. The number of aliphatic carboxylic acids is 1. The van der Waals surface area contributed by atoms with E-state index in [1.54, 1.807) is 0 Å². The van der Waals surface area contributed by atoms with Gasteiger partial charge < -0.3 is 9.84 Å². The van der Waals surface area contributed by atoms with Crippen LogP contribution in [-0.4, -0.2) is 17.2 Å². The molecule has 0 saturated heterocycles. The van der Waals surface area contributed by atoms with Crippen LogP contribution in [0.15, 0.2) is 18.2 Å². The van der Waals surface area contributed by atoms with Crippen molar-refractivity contribution in [3.63, 3.8) is 0 Å². The lowest BCUT2D eigenvalue weighted by Gasteiger charge is -2.23. The molecule has 74 valence electrons. The highest BCUT2D eigenvalue weighted by Gasteiger charge is 2.25. The summed E-state index contributed by atoms with van der Waals surface area (Å²) in [4.78, 5) is 10.7. The number of carboxylic acid groups (broad SMARTS) is 1. The minimum atomic E-state index is -0.884. The van der Waals surface area contributed by atoms with E-state index in [0.29, 0.717) is 12.2 Å². The van der Waals surface area contributed by atoms with Gasteiger partial charge in [-0.05, 0) is 35.8 Å². The molecule has 0 radical (unpaired) electrons. The first-order valence-corrected chi connectivity index (χ1v) is 5.02. The molecule has 0 aliphatic carbocycles. The summed E-state index contributed by atoms with van der Waals surface area (Å²) in [5.74, 6) is -0.180. The Bertz CT molecular complexity index is 376. The number of carbonyl (C=O) groups is 1. The topological polar surface area (TPSA) is 46.5 Å². The van der Waals surface area contributed by atoms with Gasteiger partial charge >= 0.3 is 5.97 Å². The van der Waals surface area contributed by atoms with Crippen molar-refractivity contribution in [1.82, 2.24) is 0 Å². The van der Waals surface area contributed by atoms with Gasteiger partial charge in [0.05, 0.1) is 0 Å². The van der Waals surface area contributed by atoms with E-state index in [9.17, 15) is 4.79 Å². The van der Waals surface area contributed by atoms with E-state index >= 15 is 0 Å². The highest BCUT2D eigenvalue weighted by molar-refractivity contribution is 7.27. The van der Waals surface area contributed by atoms with Crippen molar-refractivity contribution in [3.8, 4) is 5.75 Å². The zero-order valence-corrected chi connectivity index (χ0v) is 8.72. The summed E-state index contributed by atoms with van der Waals surface area (Å²) in [6.07, 6.45) is 0.642. The van der Waals surface area contributed by atoms with Gasteiger partial charge in [0.25, 0.3) is 0 Å². The molecule has 0 aromatic heterocycles. The van der Waals surface area contributed by atoms with Gasteiger partial charge in [-0.25, -0.2) is 4.79 Å². The second-order valence-electron chi connectivity index (χ2n) is 3.35. The van der Waals surface area contributed by atoms with Crippen molar-refractivity contribution in [2.75, 3.05) is 0 Å². The Labute approximate surface area is 84.3 Å². The van der Waals surface area contributed by atoms with E-state index in [1.807, 2.05) is 18.2 Å². The van der Waals surface area contributed by atoms with E-state index in [-0.39, 0.29) is 0 Å². The maximum Gasteiger partial charge on any atom is 0.344 e. The van der Waals surface area contributed by atoms with E-state index < -0.39 is 12.1 Å². The van der Waals surface area contributed by atoms with Gasteiger partial charge in [-0.1, -0.05) is 6.07 Å². The quantitative estimate of drug-likeness (QED) is 0.702. The second-order valence-corrected chi connectivity index (χ2v) is 4.02. The van der Waals surface area contributed by atoms with Crippen LogP contribution in [0, 0.1) is 0 Å². The summed E-state index contributed by atoms with van der Waals surface area (Å²) in [6, 6.07) is 5.73. The Balaban J connectivity index is 2.27. The number of carboxylic acids is 1. The van der Waals surface area contributed by atoms with Crippen molar-refractivity contribution in [1.29, 1.82) is 0 Å². The van der Waals surface area contributed by atoms with Crippen molar-refractivity contribution >= 4 is 20.5 Å². The molecule has 3 nitrogen and oxygen atoms in total. The van der Waals surface area contributed by atoms with E-state index in [2.05, 4.69) is 9.24 Å². The molecule has 0 amide bonds. The first-order valence-electron chi connectivity index (χ1n) is 4.44. The van der Waals surface area contributed by atoms with Gasteiger partial charge in [-0.3, -0.25) is 0 Å². The molecule has 1 aromatic rings. The number of benzene rings is 1. The molecule has 1 aliphatic heterocycles. The molecule has 0 saturated carbocycles. The van der Waals surface area contributed by atoms with Crippen LogP contribution in [0.25, 0.3) is 0 Å². The summed E-state index contributed by atoms with van der Waals surface area (Å²) in [5.41, 5.74) is 1.09. The standard InChI is InChI=1S/C10H11O3P/c11-10(12)9-3-1-6-5-7(14)2-4-8(6)13-9/h2,4-5,9H,1,3,14H2,(H,11,12). The van der Waals surface area contributed by atoms with Crippen molar-refractivity contribution in [3.05, 3.63) is 23.8 Å². The highest BCUT2D eigenvalue weighted by atomic mass is 31.0. The molecule has 0 bridgehead atoms. The molecule has 0 spiro atoms. The maximum absolute atomic E-state index is 10.7. The number of rotatable bonds is 1. The summed E-state index contributed by atoms with van der Waals surface area (Å²) >= 11 is 0. The van der Waals surface area contributed by atoms with Crippen LogP contribution in [0.2, 0.25) is 0 Å². The number of ether oxygens (including phenoxy) is 1. The van der Waals surface area contributed by atoms with Crippen molar-refractivity contribution in [2.24, 2.45) is 0 Å². The van der Waals surface area contributed by atoms with Gasteiger partial charge in [0, 0.05) is 0 Å². The predicted octanol–water partition coefficient (Wildman–Crippen LogP) is 0.965. The van der Waals surface area contributed by atoms with Crippen LogP contribution in [0.4, 0.5) is 0 Å². The number of aryl methyl sites for hydroxylation is 1. The van der Waals surface area contributed by atoms with Gasteiger partial charge in [0.1, 0.15) is 5.75 Å². The first kappa shape index (κ1) is 9.47. The second kappa shape index (κ2) is 3.58. The Kier molecular flexibility index (Phi) is 2.42. The number of fused-ring (bicyclic) bond motifs is 1. The zero-order chi connectivity index (χ0) is 10.1. The van der Waals surface area contributed by atoms with Crippen LogP contribution < -0.4 is 10.0 Å². The van der Waals surface area contributed by atoms with E-state index in [0.717, 1.165) is 17.3 Å². The van der Waals surface area contributed by atoms with E-state index in [4.69, 9.17) is 9.84 Å². The Hall–Kier alpha value is -1.08. The Morgan fingerprint density at radius 1 is 1.57 bits per heavy atom. The van der Waals surface area contributed by atoms with Crippen molar-refractivity contribution < 1.29 is 14.6 Å². The Morgan fingerprint density at radius 2 is 2.36 bits per heavy atom. The SMILES string of the molecule is O=C(O)C1CCc2cc(P)ccc2O1. The van der Waals surface area contributed by atoms with Crippen LogP contribution in [0.5, 0.6) is 5.75 Å². The van der Waals surface area contributed by atoms with Gasteiger partial charge in [0.2, 0.25) is 0 Å². The molecule has 1 N–H and O–H groups in total. The average Bonchev–Trinajstić information content (AvgIpc) is 2.16. The molecule has 1 aromatic carbocycles. The van der Waals surface area contributed by atoms with Gasteiger partial charge in [-0.15, -0.1) is 9.24 Å². The Morgan fingerprint density at radius 3 is 3.07 bits per heavy atom. The fourth-order valence-corrected chi connectivity index (χ4v) is 1.88. The van der Waals surface area contributed by atoms with Crippen LogP contribution >= 0.6 is 9.24 Å². The zero-order valence-electron chi connectivity index (χ0n) is 7.56. The van der Waals surface area contributed by atoms with Gasteiger partial charge in [0.15, 0.2) is 6.10 Å². The number of hydrogen-bond donors (Lipinski definition) is 1. The summed E-state index contributed by atoms with van der Waals surface area (Å²) in [6.45, 7) is 0. The molecule has 0 fully saturated rings. The monoisotopic (exact) mass is 210 g/mol.